The Morgan fingerprint density at radius 3 is 2.46 bits per heavy atom. The summed E-state index contributed by atoms with van der Waals surface area (Å²) >= 11 is 0. The fraction of sp³-hybridized carbons (Fsp3) is 0.0667. The average Bonchev–Trinajstić information content (AvgIpc) is 2.54. The molecule has 0 heterocycles. The lowest BCUT2D eigenvalue weighted by molar-refractivity contribution is -0.383. The number of hydrogen-bond acceptors (Lipinski definition) is 4. The number of alkyl halides is 3. The minimum Gasteiger partial charge on any atom is -0.316 e. The first-order valence-corrected chi connectivity index (χ1v) is 6.40. The van der Waals surface area contributed by atoms with E-state index in [1.807, 2.05) is 0 Å². The van der Waals surface area contributed by atoms with Crippen LogP contribution in [-0.2, 0) is 6.18 Å². The third-order valence-electron chi connectivity index (χ3n) is 3.05. The topological polar surface area (TPSA) is 96.0 Å². The van der Waals surface area contributed by atoms with Crippen LogP contribution in [0.5, 0.6) is 0 Å². The summed E-state index contributed by atoms with van der Waals surface area (Å²) in [5.74, 6) is -1.14. The first-order chi connectivity index (χ1) is 11.2. The Labute approximate surface area is 133 Å². The summed E-state index contributed by atoms with van der Waals surface area (Å²) in [4.78, 5) is 22.3. The SMILES string of the molecule is N#Cc1ccc(NC(=O)c2ccccc2C(F)(F)F)c([N+](=O)[O-])c1. The zero-order valence-electron chi connectivity index (χ0n) is 11.8. The normalized spacial score (nSPS) is 10.8. The van der Waals surface area contributed by atoms with Crippen molar-refractivity contribution in [3.05, 3.63) is 69.3 Å². The second kappa shape index (κ2) is 6.37. The molecular formula is C15H8F3N3O3. The van der Waals surface area contributed by atoms with Gasteiger partial charge in [-0.1, -0.05) is 12.1 Å². The van der Waals surface area contributed by atoms with Crippen molar-refractivity contribution in [3.8, 4) is 6.07 Å². The van der Waals surface area contributed by atoms with Crippen molar-refractivity contribution >= 4 is 17.3 Å². The maximum Gasteiger partial charge on any atom is 0.417 e. The first-order valence-electron chi connectivity index (χ1n) is 6.40. The van der Waals surface area contributed by atoms with E-state index in [1.54, 1.807) is 6.07 Å². The van der Waals surface area contributed by atoms with Crippen LogP contribution in [0.2, 0.25) is 0 Å². The number of carbonyl (C=O) groups is 1. The van der Waals surface area contributed by atoms with Gasteiger partial charge in [0.1, 0.15) is 5.69 Å². The summed E-state index contributed by atoms with van der Waals surface area (Å²) in [6.07, 6.45) is -4.75. The summed E-state index contributed by atoms with van der Waals surface area (Å²) in [5.41, 5.74) is -2.73. The minimum absolute atomic E-state index is 0.0182. The Bertz CT molecular complexity index is 857. The summed E-state index contributed by atoms with van der Waals surface area (Å²) in [7, 11) is 0. The molecule has 0 unspecified atom stereocenters. The van der Waals surface area contributed by atoms with Gasteiger partial charge < -0.3 is 5.32 Å². The number of nitro benzene ring substituents is 1. The van der Waals surface area contributed by atoms with Gasteiger partial charge in [-0.2, -0.15) is 18.4 Å². The molecule has 0 fully saturated rings. The number of anilines is 1. The van der Waals surface area contributed by atoms with Gasteiger partial charge in [0.15, 0.2) is 0 Å². The van der Waals surface area contributed by atoms with Gasteiger partial charge in [-0.05, 0) is 24.3 Å². The molecule has 0 bridgehead atoms. The van der Waals surface area contributed by atoms with Crippen molar-refractivity contribution in [2.45, 2.75) is 6.18 Å². The number of nitro groups is 1. The van der Waals surface area contributed by atoms with Gasteiger partial charge in [0, 0.05) is 6.07 Å². The van der Waals surface area contributed by atoms with Gasteiger partial charge in [-0.15, -0.1) is 0 Å². The van der Waals surface area contributed by atoms with E-state index in [-0.39, 0.29) is 11.3 Å². The first kappa shape index (κ1) is 17.0. The molecule has 1 N–H and O–H groups in total. The fourth-order valence-electron chi connectivity index (χ4n) is 1.98. The molecular weight excluding hydrogens is 327 g/mol. The molecule has 24 heavy (non-hydrogen) atoms. The number of halogens is 3. The molecule has 0 saturated carbocycles. The number of rotatable bonds is 3. The molecule has 2 aromatic carbocycles. The highest BCUT2D eigenvalue weighted by atomic mass is 19.4. The molecule has 2 rings (SSSR count). The van der Waals surface area contributed by atoms with Gasteiger partial charge in [0.05, 0.1) is 27.7 Å². The van der Waals surface area contributed by atoms with Crippen LogP contribution in [0.1, 0.15) is 21.5 Å². The predicted molar refractivity (Wildman–Crippen MR) is 77.2 cm³/mol. The van der Waals surface area contributed by atoms with Crippen molar-refractivity contribution in [3.63, 3.8) is 0 Å². The number of amides is 1. The minimum atomic E-state index is -4.75. The molecule has 0 aliphatic heterocycles. The van der Waals surface area contributed by atoms with E-state index in [4.69, 9.17) is 5.26 Å². The third-order valence-corrected chi connectivity index (χ3v) is 3.05. The molecule has 6 nitrogen and oxygen atoms in total. The molecule has 1 amide bonds. The predicted octanol–water partition coefficient (Wildman–Crippen LogP) is 3.74. The van der Waals surface area contributed by atoms with E-state index in [2.05, 4.69) is 5.32 Å². The number of benzene rings is 2. The Kier molecular flexibility index (Phi) is 4.50. The molecule has 0 aliphatic carbocycles. The molecule has 9 heteroatoms. The van der Waals surface area contributed by atoms with Crippen LogP contribution in [0.4, 0.5) is 24.5 Å². The lowest BCUT2D eigenvalue weighted by Gasteiger charge is -2.12. The number of carbonyl (C=O) groups excluding carboxylic acids is 1. The largest absolute Gasteiger partial charge is 0.417 e. The van der Waals surface area contributed by atoms with Crippen LogP contribution in [0, 0.1) is 21.4 Å². The number of nitrogens with zero attached hydrogens (tertiary/aromatic N) is 2. The number of hydrogen-bond donors (Lipinski definition) is 1. The molecule has 122 valence electrons. The number of nitrogens with one attached hydrogen (secondary N) is 1. The highest BCUT2D eigenvalue weighted by Crippen LogP contribution is 2.33. The lowest BCUT2D eigenvalue weighted by Crippen LogP contribution is -2.19. The van der Waals surface area contributed by atoms with E-state index in [9.17, 15) is 28.1 Å². The second-order valence-electron chi connectivity index (χ2n) is 4.60. The van der Waals surface area contributed by atoms with Crippen molar-refractivity contribution < 1.29 is 22.9 Å². The maximum atomic E-state index is 12.9. The molecule has 0 spiro atoms. The molecule has 0 aliphatic rings. The molecule has 0 aromatic heterocycles. The van der Waals surface area contributed by atoms with Gasteiger partial charge in [-0.25, -0.2) is 0 Å². The Hall–Kier alpha value is -3.41. The average molecular weight is 335 g/mol. The maximum absolute atomic E-state index is 12.9. The van der Waals surface area contributed by atoms with Gasteiger partial charge in [0.2, 0.25) is 0 Å². The summed E-state index contributed by atoms with van der Waals surface area (Å²) in [6, 6.07) is 8.99. The van der Waals surface area contributed by atoms with Crippen LogP contribution < -0.4 is 5.32 Å². The van der Waals surface area contributed by atoms with Crippen LogP contribution in [0.25, 0.3) is 0 Å². The molecule has 0 radical (unpaired) electrons. The van der Waals surface area contributed by atoms with Crippen LogP contribution in [-0.4, -0.2) is 10.8 Å². The van der Waals surface area contributed by atoms with Crippen LogP contribution in [0.3, 0.4) is 0 Å². The Balaban J connectivity index is 2.42. The summed E-state index contributed by atoms with van der Waals surface area (Å²) in [5, 5.41) is 21.8. The van der Waals surface area contributed by atoms with Gasteiger partial charge >= 0.3 is 6.18 Å². The Morgan fingerprint density at radius 1 is 1.21 bits per heavy atom. The summed E-state index contributed by atoms with van der Waals surface area (Å²) in [6.45, 7) is 0. The highest BCUT2D eigenvalue weighted by molar-refractivity contribution is 6.06. The van der Waals surface area contributed by atoms with E-state index in [0.29, 0.717) is 0 Å². The zero-order valence-corrected chi connectivity index (χ0v) is 11.8. The lowest BCUT2D eigenvalue weighted by atomic mass is 10.1. The molecule has 0 atom stereocenters. The van der Waals surface area contributed by atoms with Crippen molar-refractivity contribution in [2.75, 3.05) is 5.32 Å². The molecule has 0 saturated heterocycles. The monoisotopic (exact) mass is 335 g/mol. The van der Waals surface area contributed by atoms with Crippen molar-refractivity contribution in [1.29, 1.82) is 5.26 Å². The van der Waals surface area contributed by atoms with Gasteiger partial charge in [-0.3, -0.25) is 14.9 Å². The highest BCUT2D eigenvalue weighted by Gasteiger charge is 2.35. The quantitative estimate of drug-likeness (QED) is 0.682. The van der Waals surface area contributed by atoms with E-state index in [1.165, 1.54) is 12.1 Å². The third kappa shape index (κ3) is 3.49. The standard InChI is InChI=1S/C15H8F3N3O3/c16-15(17,18)11-4-2-1-3-10(11)14(22)20-12-6-5-9(8-19)7-13(12)21(23)24/h1-7H,(H,20,22). The van der Waals surface area contributed by atoms with Crippen LogP contribution in [0.15, 0.2) is 42.5 Å². The van der Waals surface area contributed by atoms with E-state index in [0.717, 1.165) is 30.3 Å². The van der Waals surface area contributed by atoms with Crippen molar-refractivity contribution in [1.82, 2.24) is 0 Å². The zero-order chi connectivity index (χ0) is 17.9. The number of nitriles is 1. The summed E-state index contributed by atoms with van der Waals surface area (Å²) < 4.78 is 38.8. The van der Waals surface area contributed by atoms with Crippen molar-refractivity contribution in [2.24, 2.45) is 0 Å². The second-order valence-corrected chi connectivity index (χ2v) is 4.60. The van der Waals surface area contributed by atoms with Gasteiger partial charge in [0.25, 0.3) is 11.6 Å². The fourth-order valence-corrected chi connectivity index (χ4v) is 1.98. The van der Waals surface area contributed by atoms with Crippen LogP contribution >= 0.6 is 0 Å². The van der Waals surface area contributed by atoms with E-state index < -0.39 is 33.8 Å². The van der Waals surface area contributed by atoms with E-state index >= 15 is 0 Å². The Morgan fingerprint density at radius 2 is 1.88 bits per heavy atom. The smallest absolute Gasteiger partial charge is 0.316 e. The molecule has 2 aromatic rings.